The van der Waals surface area contributed by atoms with Gasteiger partial charge in [-0.25, -0.2) is 0 Å². The van der Waals surface area contributed by atoms with Crippen LogP contribution in [0.5, 0.6) is 0 Å². The van der Waals surface area contributed by atoms with Gasteiger partial charge in [0.1, 0.15) is 6.23 Å². The van der Waals surface area contributed by atoms with E-state index >= 15 is 0 Å². The summed E-state index contributed by atoms with van der Waals surface area (Å²) in [5.41, 5.74) is 5.01. The predicted octanol–water partition coefficient (Wildman–Crippen LogP) is -0.825. The maximum Gasteiger partial charge on any atom is 0.131 e. The van der Waals surface area contributed by atoms with E-state index in [1.54, 1.807) is 7.05 Å². The number of aliphatic imine (C=N–C) groups is 1. The van der Waals surface area contributed by atoms with Crippen LogP contribution in [-0.4, -0.2) is 43.4 Å². The molecule has 0 aromatic carbocycles. The lowest BCUT2D eigenvalue weighted by atomic mass is 10.4. The molecule has 0 amide bonds. The quantitative estimate of drug-likeness (QED) is 0.239. The van der Waals surface area contributed by atoms with Gasteiger partial charge >= 0.3 is 0 Å². The molecule has 66 valence electrons. The fourth-order valence-corrected chi connectivity index (χ4v) is 0.568. The number of aliphatic hydroxyl groups excluding tert-OH is 1. The van der Waals surface area contributed by atoms with Crippen molar-refractivity contribution in [2.24, 2.45) is 10.7 Å². The van der Waals surface area contributed by atoms with E-state index in [2.05, 4.69) is 4.99 Å². The first-order chi connectivity index (χ1) is 5.22. The molecule has 0 saturated carbocycles. The smallest absolute Gasteiger partial charge is 0.131 e. The minimum absolute atomic E-state index is 0.505. The maximum atomic E-state index is 9.23. The molecule has 0 aliphatic rings. The highest BCUT2D eigenvalue weighted by atomic mass is 16.7. The van der Waals surface area contributed by atoms with Crippen LogP contribution in [0, 0.1) is 0 Å². The molecule has 0 aliphatic heterocycles. The van der Waals surface area contributed by atoms with Crippen LogP contribution >= 0.6 is 0 Å². The molecule has 1 atom stereocenters. The van der Waals surface area contributed by atoms with Gasteiger partial charge in [-0.05, 0) is 0 Å². The number of nitrogens with zero attached hydrogens (tertiary/aromatic N) is 2. The van der Waals surface area contributed by atoms with Gasteiger partial charge in [0.15, 0.2) is 0 Å². The van der Waals surface area contributed by atoms with Crippen molar-refractivity contribution < 1.29 is 9.94 Å². The number of aliphatic hydroxyl groups is 1. The topological polar surface area (TPSA) is 71.1 Å². The Hall–Kier alpha value is -0.650. The number of hydroxylamine groups is 2. The van der Waals surface area contributed by atoms with Crippen LogP contribution in [0.25, 0.3) is 0 Å². The summed E-state index contributed by atoms with van der Waals surface area (Å²) in [5, 5.41) is 10.6. The zero-order valence-corrected chi connectivity index (χ0v) is 6.90. The molecule has 0 aromatic rings. The van der Waals surface area contributed by atoms with Gasteiger partial charge in [0, 0.05) is 20.0 Å². The highest BCUT2D eigenvalue weighted by Crippen LogP contribution is 1.96. The molecular weight excluding hydrogens is 146 g/mol. The molecule has 0 aromatic heterocycles. The second kappa shape index (κ2) is 6.09. The average molecular weight is 161 g/mol. The van der Waals surface area contributed by atoms with Crippen molar-refractivity contribution in [2.75, 3.05) is 20.7 Å². The third-order valence-corrected chi connectivity index (χ3v) is 1.33. The zero-order valence-electron chi connectivity index (χ0n) is 6.90. The first-order valence-corrected chi connectivity index (χ1v) is 3.37. The lowest BCUT2D eigenvalue weighted by Crippen LogP contribution is -2.30. The van der Waals surface area contributed by atoms with Crippen molar-refractivity contribution in [3.8, 4) is 0 Å². The van der Waals surface area contributed by atoms with Crippen LogP contribution in [0.15, 0.2) is 4.99 Å². The van der Waals surface area contributed by atoms with Crippen molar-refractivity contribution >= 4 is 6.34 Å². The van der Waals surface area contributed by atoms with Crippen LogP contribution in [0.4, 0.5) is 0 Å². The van der Waals surface area contributed by atoms with Crippen LogP contribution in [0.3, 0.4) is 0 Å². The van der Waals surface area contributed by atoms with Gasteiger partial charge in [-0.3, -0.25) is 4.99 Å². The Morgan fingerprint density at radius 3 is 2.91 bits per heavy atom. The minimum Gasteiger partial charge on any atom is -0.390 e. The van der Waals surface area contributed by atoms with Gasteiger partial charge in [-0.2, -0.15) is 5.06 Å². The molecule has 0 fully saturated rings. The van der Waals surface area contributed by atoms with E-state index in [0.717, 1.165) is 0 Å². The monoisotopic (exact) mass is 161 g/mol. The molecule has 5 nitrogen and oxygen atoms in total. The van der Waals surface area contributed by atoms with Crippen LogP contribution in [-0.2, 0) is 4.84 Å². The molecule has 0 spiro atoms. The lowest BCUT2D eigenvalue weighted by molar-refractivity contribution is -0.203. The zero-order chi connectivity index (χ0) is 8.69. The normalized spacial score (nSPS) is 14.5. The molecule has 5 heteroatoms. The highest BCUT2D eigenvalue weighted by molar-refractivity contribution is 5.50. The van der Waals surface area contributed by atoms with E-state index in [4.69, 9.17) is 10.6 Å². The molecule has 0 bridgehead atoms. The number of hydrogen-bond acceptors (Lipinski definition) is 4. The Morgan fingerprint density at radius 2 is 2.45 bits per heavy atom. The number of nitrogens with two attached hydrogens (primary N) is 1. The number of hydrogen-bond donors (Lipinski definition) is 2. The minimum atomic E-state index is -0.622. The van der Waals surface area contributed by atoms with Crippen LogP contribution in [0.2, 0.25) is 0 Å². The van der Waals surface area contributed by atoms with E-state index in [0.29, 0.717) is 13.0 Å². The molecule has 0 aliphatic carbocycles. The lowest BCUT2D eigenvalue weighted by Gasteiger charge is -2.19. The van der Waals surface area contributed by atoms with E-state index in [-0.39, 0.29) is 0 Å². The summed E-state index contributed by atoms with van der Waals surface area (Å²) < 4.78 is 0. The first kappa shape index (κ1) is 10.3. The Bertz CT molecular complexity index is 118. The Morgan fingerprint density at radius 1 is 1.82 bits per heavy atom. The van der Waals surface area contributed by atoms with Crippen molar-refractivity contribution in [1.29, 1.82) is 0 Å². The Balaban J connectivity index is 3.43. The van der Waals surface area contributed by atoms with Crippen LogP contribution < -0.4 is 5.73 Å². The number of rotatable bonds is 5. The first-order valence-electron chi connectivity index (χ1n) is 3.37. The van der Waals surface area contributed by atoms with Crippen molar-refractivity contribution in [3.63, 3.8) is 0 Å². The average Bonchev–Trinajstić information content (AvgIpc) is 2.03. The second-order valence-electron chi connectivity index (χ2n) is 2.05. The summed E-state index contributed by atoms with van der Waals surface area (Å²) in [7, 11) is 3.15. The fraction of sp³-hybridized carbons (Fsp3) is 0.833. The molecule has 0 radical (unpaired) electrons. The fourth-order valence-electron chi connectivity index (χ4n) is 0.568. The van der Waals surface area contributed by atoms with Crippen LogP contribution in [0.1, 0.15) is 6.42 Å². The summed E-state index contributed by atoms with van der Waals surface area (Å²) in [6, 6.07) is 0. The van der Waals surface area contributed by atoms with Gasteiger partial charge in [0.05, 0.1) is 13.4 Å². The molecule has 11 heavy (non-hydrogen) atoms. The van der Waals surface area contributed by atoms with Crippen molar-refractivity contribution in [1.82, 2.24) is 5.06 Å². The molecule has 0 heterocycles. The van der Waals surface area contributed by atoms with Gasteiger partial charge < -0.3 is 15.7 Å². The summed E-state index contributed by atoms with van der Waals surface area (Å²) in [6.45, 7) is 0.505. The largest absolute Gasteiger partial charge is 0.390 e. The van der Waals surface area contributed by atoms with Gasteiger partial charge in [-0.1, -0.05) is 0 Å². The highest BCUT2D eigenvalue weighted by Gasteiger charge is 2.08. The standard InChI is InChI=1S/C6H15N3O2/c1-9(11-2)6(10)3-4-8-5-7/h5-6,10H,3-4H2,1-2H3,(H2,7,8). The predicted molar refractivity (Wildman–Crippen MR) is 42.9 cm³/mol. The molecule has 0 saturated heterocycles. The van der Waals surface area contributed by atoms with Crippen molar-refractivity contribution in [3.05, 3.63) is 0 Å². The molecule has 3 N–H and O–H groups in total. The Kier molecular flexibility index (Phi) is 5.73. The maximum absolute atomic E-state index is 9.23. The summed E-state index contributed by atoms with van der Waals surface area (Å²) in [5.74, 6) is 0. The van der Waals surface area contributed by atoms with E-state index in [9.17, 15) is 5.11 Å². The van der Waals surface area contributed by atoms with Gasteiger partial charge in [0.25, 0.3) is 0 Å². The third kappa shape index (κ3) is 4.72. The third-order valence-electron chi connectivity index (χ3n) is 1.33. The molecule has 0 rings (SSSR count). The van der Waals surface area contributed by atoms with E-state index < -0.39 is 6.23 Å². The van der Waals surface area contributed by atoms with E-state index in [1.165, 1.54) is 18.5 Å². The summed E-state index contributed by atoms with van der Waals surface area (Å²) in [6.07, 6.45) is 1.11. The van der Waals surface area contributed by atoms with Crippen molar-refractivity contribution in [2.45, 2.75) is 12.6 Å². The van der Waals surface area contributed by atoms with Gasteiger partial charge in [0.2, 0.25) is 0 Å². The Labute approximate surface area is 66.4 Å². The summed E-state index contributed by atoms with van der Waals surface area (Å²) >= 11 is 0. The summed E-state index contributed by atoms with van der Waals surface area (Å²) in [4.78, 5) is 8.48. The van der Waals surface area contributed by atoms with E-state index in [1.807, 2.05) is 0 Å². The second-order valence-corrected chi connectivity index (χ2v) is 2.05. The SMILES string of the molecule is CON(C)C(O)CCN=CN. The molecule has 1 unspecified atom stereocenters. The molecular formula is C6H15N3O2. The van der Waals surface area contributed by atoms with Gasteiger partial charge in [-0.15, -0.1) is 0 Å².